The van der Waals surface area contributed by atoms with Gasteiger partial charge in [-0.05, 0) is 85.0 Å². The van der Waals surface area contributed by atoms with E-state index in [1.165, 1.54) is 5.56 Å². The number of fused-ring (bicyclic) bond motifs is 1. The summed E-state index contributed by atoms with van der Waals surface area (Å²) in [4.78, 5) is 34.4. The lowest BCUT2D eigenvalue weighted by molar-refractivity contribution is 0.162. The number of carbonyl (C=O) groups excluding carboxylic acids is 1. The number of amides is 2. The molecule has 47 heavy (non-hydrogen) atoms. The minimum Gasteiger partial charge on any atom is -0.496 e. The average molecular weight is 657 g/mol. The van der Waals surface area contributed by atoms with Crippen LogP contribution < -0.4 is 10.9 Å². The van der Waals surface area contributed by atoms with Crippen molar-refractivity contribution < 1.29 is 9.53 Å². The quantitative estimate of drug-likeness (QED) is 0.194. The maximum Gasteiger partial charge on any atom is 0.322 e. The van der Waals surface area contributed by atoms with Gasteiger partial charge in [0.25, 0.3) is 5.56 Å². The lowest BCUT2D eigenvalue weighted by atomic mass is 10.0. The Balaban J connectivity index is 0.000000784. The molecule has 1 aliphatic rings. The number of aryl methyl sites for hydroxylation is 1. The van der Waals surface area contributed by atoms with Crippen molar-refractivity contribution in [2.24, 2.45) is 11.3 Å². The first-order valence-electron chi connectivity index (χ1n) is 16.3. The van der Waals surface area contributed by atoms with Crippen molar-refractivity contribution in [2.45, 2.75) is 74.3 Å². The summed E-state index contributed by atoms with van der Waals surface area (Å²) in [5.41, 5.74) is 4.54. The van der Waals surface area contributed by atoms with Crippen LogP contribution in [0.3, 0.4) is 0 Å². The highest BCUT2D eigenvalue weighted by Gasteiger charge is 2.29. The number of nitrogens with zero attached hydrogens (tertiary/aromatic N) is 3. The normalized spacial score (nSPS) is 14.6. The fraction of sp³-hybridized carbons (Fsp3) is 0.410. The van der Waals surface area contributed by atoms with E-state index in [9.17, 15) is 9.59 Å². The van der Waals surface area contributed by atoms with E-state index >= 15 is 0 Å². The van der Waals surface area contributed by atoms with Crippen molar-refractivity contribution in [3.05, 3.63) is 112 Å². The topological polar surface area (TPSA) is 76.5 Å². The van der Waals surface area contributed by atoms with E-state index in [1.54, 1.807) is 21.8 Å². The zero-order chi connectivity index (χ0) is 34.9. The number of urea groups is 1. The van der Waals surface area contributed by atoms with Gasteiger partial charge in [0.2, 0.25) is 0 Å². The van der Waals surface area contributed by atoms with Crippen molar-refractivity contribution in [3.8, 4) is 5.69 Å². The molecule has 1 unspecified atom stereocenters. The molecule has 5 rings (SSSR count). The fourth-order valence-electron chi connectivity index (χ4n) is 5.04. The molecular weight excluding hydrogens is 605 g/mol. The van der Waals surface area contributed by atoms with E-state index in [0.717, 1.165) is 11.3 Å². The maximum absolute atomic E-state index is 13.9. The van der Waals surface area contributed by atoms with Crippen LogP contribution >= 0.6 is 12.6 Å². The third-order valence-electron chi connectivity index (χ3n) is 7.32. The lowest BCUT2D eigenvalue weighted by Gasteiger charge is -2.31. The molecular formula is C39H52N4O3S. The van der Waals surface area contributed by atoms with Crippen LogP contribution in [0.4, 0.5) is 10.5 Å². The van der Waals surface area contributed by atoms with Gasteiger partial charge in [-0.1, -0.05) is 84.9 Å². The largest absolute Gasteiger partial charge is 0.496 e. The predicted octanol–water partition coefficient (Wildman–Crippen LogP) is 9.56. The van der Waals surface area contributed by atoms with E-state index in [0.29, 0.717) is 46.0 Å². The van der Waals surface area contributed by atoms with Crippen LogP contribution in [-0.2, 0) is 4.74 Å². The van der Waals surface area contributed by atoms with Crippen LogP contribution in [0.25, 0.3) is 16.6 Å². The number of ether oxygens (including phenoxy) is 1. The van der Waals surface area contributed by atoms with E-state index in [1.807, 2.05) is 86.7 Å². The summed E-state index contributed by atoms with van der Waals surface area (Å²) in [5, 5.41) is 3.58. The number of anilines is 1. The van der Waals surface area contributed by atoms with Crippen LogP contribution in [-0.4, -0.2) is 39.9 Å². The molecule has 1 N–H and O–H groups in total. The third kappa shape index (κ3) is 10.5. The van der Waals surface area contributed by atoms with E-state index < -0.39 is 6.04 Å². The number of thiol groups is 1. The molecule has 8 heteroatoms. The molecule has 0 saturated heterocycles. The monoisotopic (exact) mass is 656 g/mol. The summed E-state index contributed by atoms with van der Waals surface area (Å²) in [6.07, 6.45) is 3.74. The number of hydrogen-bond acceptors (Lipinski definition) is 5. The average Bonchev–Trinajstić information content (AvgIpc) is 3.44. The number of hydrogen-bond donors (Lipinski definition) is 2. The molecule has 4 aromatic rings. The van der Waals surface area contributed by atoms with Gasteiger partial charge in [0.1, 0.15) is 11.6 Å². The summed E-state index contributed by atoms with van der Waals surface area (Å²) in [6, 6.07) is 22.1. The molecule has 1 aliphatic heterocycles. The number of benzene rings is 3. The lowest BCUT2D eigenvalue weighted by Crippen LogP contribution is -2.41. The zero-order valence-electron chi connectivity index (χ0n) is 29.7. The van der Waals surface area contributed by atoms with Crippen LogP contribution in [0.15, 0.2) is 89.4 Å². The number of nitrogens with one attached hydrogen (secondary N) is 1. The molecule has 1 aromatic heterocycles. The Bertz CT molecular complexity index is 1720. The fourth-order valence-corrected chi connectivity index (χ4v) is 5.04. The molecule has 2 heterocycles. The first-order chi connectivity index (χ1) is 22.2. The molecule has 7 nitrogen and oxygen atoms in total. The molecule has 2 atom stereocenters. The Hall–Kier alpha value is -4.04. The van der Waals surface area contributed by atoms with Crippen LogP contribution in [0, 0.1) is 18.3 Å². The van der Waals surface area contributed by atoms with Gasteiger partial charge in [-0.3, -0.25) is 9.36 Å². The SMILES string of the molecule is CC(C)(C)C.CS.Cc1cccc(-n2c(C(C)N(CC3=C[C@@H](C)CO3)C(=O)Nc3ccc(C(C)C)cc3)nc3ccccc3c2=O)c1. The Labute approximate surface area is 286 Å². The molecule has 0 bridgehead atoms. The molecule has 0 spiro atoms. The van der Waals surface area contributed by atoms with Gasteiger partial charge in [0, 0.05) is 11.6 Å². The van der Waals surface area contributed by atoms with Crippen molar-refractivity contribution >= 4 is 35.3 Å². The Morgan fingerprint density at radius 2 is 1.66 bits per heavy atom. The Morgan fingerprint density at radius 3 is 2.23 bits per heavy atom. The van der Waals surface area contributed by atoms with Gasteiger partial charge >= 0.3 is 6.03 Å². The molecule has 0 fully saturated rings. The molecule has 2 amide bonds. The van der Waals surface area contributed by atoms with Gasteiger partial charge in [-0.15, -0.1) is 0 Å². The van der Waals surface area contributed by atoms with Crippen molar-refractivity contribution in [2.75, 3.05) is 24.7 Å². The summed E-state index contributed by atoms with van der Waals surface area (Å²) in [6.45, 7) is 19.8. The highest BCUT2D eigenvalue weighted by Crippen LogP contribution is 2.27. The summed E-state index contributed by atoms with van der Waals surface area (Å²) in [5.74, 6) is 1.87. The standard InChI is InChI=1S/C33H36N4O3.C5H12.CH4S/c1-21(2)25-13-15-26(16-14-25)34-33(39)36(19-28-18-23(4)20-40-28)24(5)31-35-30-12-7-6-11-29(30)32(38)37(31)27-10-8-9-22(3)17-27;1-5(2,3)4;1-2/h6-18,21,23-24H,19-20H2,1-5H3,(H,34,39);1-4H3;2H,1H3/t23-,24?;;/m1../s1. The summed E-state index contributed by atoms with van der Waals surface area (Å²) >= 11 is 3.53. The molecule has 252 valence electrons. The van der Waals surface area contributed by atoms with Gasteiger partial charge in [0.15, 0.2) is 0 Å². The molecule has 0 radical (unpaired) electrons. The maximum atomic E-state index is 13.9. The number of carbonyl (C=O) groups is 1. The molecule has 0 saturated carbocycles. The van der Waals surface area contributed by atoms with E-state index in [2.05, 4.69) is 66.4 Å². The van der Waals surface area contributed by atoms with Crippen molar-refractivity contribution in [3.63, 3.8) is 0 Å². The van der Waals surface area contributed by atoms with Gasteiger partial charge < -0.3 is 15.0 Å². The Kier molecular flexibility index (Phi) is 13.3. The highest BCUT2D eigenvalue weighted by atomic mass is 32.1. The first-order valence-corrected chi connectivity index (χ1v) is 17.1. The Morgan fingerprint density at radius 1 is 1.02 bits per heavy atom. The zero-order valence-corrected chi connectivity index (χ0v) is 30.6. The van der Waals surface area contributed by atoms with E-state index in [-0.39, 0.29) is 24.1 Å². The van der Waals surface area contributed by atoms with Crippen LogP contribution in [0.1, 0.15) is 84.3 Å². The minimum absolute atomic E-state index is 0.173. The number of aromatic nitrogens is 2. The van der Waals surface area contributed by atoms with Gasteiger partial charge in [0.05, 0.1) is 35.8 Å². The minimum atomic E-state index is -0.562. The summed E-state index contributed by atoms with van der Waals surface area (Å²) < 4.78 is 7.53. The first kappa shape index (κ1) is 37.4. The third-order valence-corrected chi connectivity index (χ3v) is 7.32. The smallest absolute Gasteiger partial charge is 0.322 e. The van der Waals surface area contributed by atoms with Gasteiger partial charge in [-0.2, -0.15) is 12.6 Å². The second-order valence-corrected chi connectivity index (χ2v) is 13.9. The predicted molar refractivity (Wildman–Crippen MR) is 200 cm³/mol. The van der Waals surface area contributed by atoms with Crippen LogP contribution in [0.5, 0.6) is 0 Å². The number of rotatable bonds is 7. The van der Waals surface area contributed by atoms with Gasteiger partial charge in [-0.25, -0.2) is 9.78 Å². The highest BCUT2D eigenvalue weighted by molar-refractivity contribution is 7.79. The number of para-hydroxylation sites is 1. The van der Waals surface area contributed by atoms with Crippen LogP contribution in [0.2, 0.25) is 0 Å². The van der Waals surface area contributed by atoms with E-state index in [4.69, 9.17) is 9.72 Å². The van der Waals surface area contributed by atoms with Crippen molar-refractivity contribution in [1.82, 2.24) is 14.5 Å². The molecule has 3 aromatic carbocycles. The second kappa shape index (κ2) is 16.7. The second-order valence-electron chi connectivity index (χ2n) is 13.9. The molecule has 0 aliphatic carbocycles. The van der Waals surface area contributed by atoms with Crippen molar-refractivity contribution in [1.29, 1.82) is 0 Å². The summed E-state index contributed by atoms with van der Waals surface area (Å²) in [7, 11) is 0.